The van der Waals surface area contributed by atoms with Crippen molar-refractivity contribution in [3.05, 3.63) is 0 Å². The quantitative estimate of drug-likeness (QED) is 0.740. The Kier molecular flexibility index (Phi) is 7.09. The Morgan fingerprint density at radius 1 is 1.35 bits per heavy atom. The zero-order valence-corrected chi connectivity index (χ0v) is 12.0. The highest BCUT2D eigenvalue weighted by atomic mass is 16.5. The van der Waals surface area contributed by atoms with E-state index in [4.69, 9.17) is 4.74 Å². The zero-order valence-electron chi connectivity index (χ0n) is 12.0. The van der Waals surface area contributed by atoms with Crippen LogP contribution < -0.4 is 5.32 Å². The second-order valence-electron chi connectivity index (χ2n) is 5.63. The third-order valence-electron chi connectivity index (χ3n) is 3.84. The van der Waals surface area contributed by atoms with Crippen molar-refractivity contribution in [2.24, 2.45) is 5.92 Å². The molecule has 1 rings (SSSR count). The van der Waals surface area contributed by atoms with Crippen LogP contribution in [0.2, 0.25) is 0 Å². The van der Waals surface area contributed by atoms with Crippen molar-refractivity contribution >= 4 is 0 Å². The van der Waals surface area contributed by atoms with E-state index >= 15 is 0 Å². The Morgan fingerprint density at radius 2 is 2.12 bits per heavy atom. The molecule has 3 heteroatoms. The molecule has 0 amide bonds. The van der Waals surface area contributed by atoms with Gasteiger partial charge in [-0.3, -0.25) is 4.90 Å². The van der Waals surface area contributed by atoms with Gasteiger partial charge in [-0.2, -0.15) is 0 Å². The normalized spacial score (nSPS) is 23.3. The van der Waals surface area contributed by atoms with Crippen LogP contribution >= 0.6 is 0 Å². The Labute approximate surface area is 107 Å². The average molecular weight is 242 g/mol. The molecule has 0 saturated carbocycles. The average Bonchev–Trinajstić information content (AvgIpc) is 2.34. The molecule has 1 fully saturated rings. The van der Waals surface area contributed by atoms with Gasteiger partial charge in [-0.05, 0) is 59.0 Å². The number of hydrogen-bond donors (Lipinski definition) is 1. The molecule has 1 heterocycles. The molecule has 0 bridgehead atoms. The van der Waals surface area contributed by atoms with E-state index in [0.29, 0.717) is 12.1 Å². The second kappa shape index (κ2) is 8.06. The molecular formula is C14H30N2O. The molecule has 0 aliphatic carbocycles. The lowest BCUT2D eigenvalue weighted by Gasteiger charge is -2.37. The van der Waals surface area contributed by atoms with Crippen LogP contribution in [-0.2, 0) is 4.74 Å². The summed E-state index contributed by atoms with van der Waals surface area (Å²) in [7, 11) is 1.79. The fraction of sp³-hybridized carbons (Fsp3) is 1.00. The SMILES string of the molecule is COCCC(C)N(CC1CCCNC1)C(C)C. The van der Waals surface area contributed by atoms with E-state index in [0.717, 1.165) is 18.9 Å². The lowest BCUT2D eigenvalue weighted by atomic mass is 9.97. The van der Waals surface area contributed by atoms with E-state index in [9.17, 15) is 0 Å². The molecule has 1 aliphatic rings. The molecule has 0 spiro atoms. The number of nitrogens with zero attached hydrogens (tertiary/aromatic N) is 1. The van der Waals surface area contributed by atoms with Gasteiger partial charge in [-0.25, -0.2) is 0 Å². The zero-order chi connectivity index (χ0) is 12.7. The predicted octanol–water partition coefficient (Wildman–Crippen LogP) is 2.12. The first-order valence-corrected chi connectivity index (χ1v) is 7.10. The number of nitrogens with one attached hydrogen (secondary N) is 1. The minimum absolute atomic E-state index is 0.622. The molecule has 0 radical (unpaired) electrons. The van der Waals surface area contributed by atoms with Gasteiger partial charge in [0.15, 0.2) is 0 Å². The van der Waals surface area contributed by atoms with E-state index < -0.39 is 0 Å². The molecule has 1 saturated heterocycles. The maximum absolute atomic E-state index is 5.19. The fourth-order valence-corrected chi connectivity index (χ4v) is 2.73. The molecule has 2 atom stereocenters. The Hall–Kier alpha value is -0.120. The van der Waals surface area contributed by atoms with Gasteiger partial charge < -0.3 is 10.1 Å². The van der Waals surface area contributed by atoms with Crippen LogP contribution in [0.15, 0.2) is 0 Å². The summed E-state index contributed by atoms with van der Waals surface area (Å²) in [5.74, 6) is 0.830. The number of hydrogen-bond acceptors (Lipinski definition) is 3. The molecule has 3 nitrogen and oxygen atoms in total. The summed E-state index contributed by atoms with van der Waals surface area (Å²) < 4.78 is 5.19. The van der Waals surface area contributed by atoms with Crippen molar-refractivity contribution in [2.75, 3.05) is 33.4 Å². The van der Waals surface area contributed by atoms with E-state index in [2.05, 4.69) is 31.0 Å². The third-order valence-corrected chi connectivity index (χ3v) is 3.84. The van der Waals surface area contributed by atoms with E-state index in [-0.39, 0.29) is 0 Å². The van der Waals surface area contributed by atoms with Crippen LogP contribution in [0, 0.1) is 5.92 Å². The molecule has 102 valence electrons. The molecule has 0 aromatic rings. The van der Waals surface area contributed by atoms with Crippen molar-refractivity contribution in [1.82, 2.24) is 10.2 Å². The van der Waals surface area contributed by atoms with Crippen molar-refractivity contribution in [3.8, 4) is 0 Å². The first-order chi connectivity index (χ1) is 8.15. The van der Waals surface area contributed by atoms with Crippen molar-refractivity contribution in [3.63, 3.8) is 0 Å². The predicted molar refractivity (Wildman–Crippen MR) is 73.4 cm³/mol. The maximum Gasteiger partial charge on any atom is 0.0477 e. The van der Waals surface area contributed by atoms with Crippen LogP contribution in [-0.4, -0.2) is 50.3 Å². The van der Waals surface area contributed by atoms with Gasteiger partial charge in [0.1, 0.15) is 0 Å². The van der Waals surface area contributed by atoms with Gasteiger partial charge in [0.25, 0.3) is 0 Å². The number of rotatable bonds is 7. The number of piperidine rings is 1. The minimum atomic E-state index is 0.622. The monoisotopic (exact) mass is 242 g/mol. The number of methoxy groups -OCH3 is 1. The van der Waals surface area contributed by atoms with Gasteiger partial charge in [0.2, 0.25) is 0 Å². The highest BCUT2D eigenvalue weighted by Gasteiger charge is 2.22. The molecule has 2 unspecified atom stereocenters. The molecule has 0 aromatic heterocycles. The summed E-state index contributed by atoms with van der Waals surface area (Å²) in [4.78, 5) is 2.64. The Bertz CT molecular complexity index is 191. The van der Waals surface area contributed by atoms with Gasteiger partial charge in [-0.1, -0.05) is 0 Å². The van der Waals surface area contributed by atoms with Gasteiger partial charge in [-0.15, -0.1) is 0 Å². The Balaban J connectivity index is 2.40. The van der Waals surface area contributed by atoms with Gasteiger partial charge in [0.05, 0.1) is 0 Å². The molecule has 17 heavy (non-hydrogen) atoms. The summed E-state index contributed by atoms with van der Waals surface area (Å²) >= 11 is 0. The molecule has 1 N–H and O–H groups in total. The lowest BCUT2D eigenvalue weighted by molar-refractivity contribution is 0.0955. The van der Waals surface area contributed by atoms with E-state index in [1.54, 1.807) is 7.11 Å². The van der Waals surface area contributed by atoms with Gasteiger partial charge >= 0.3 is 0 Å². The van der Waals surface area contributed by atoms with Crippen molar-refractivity contribution in [1.29, 1.82) is 0 Å². The summed E-state index contributed by atoms with van der Waals surface area (Å²) in [6, 6.07) is 1.25. The second-order valence-corrected chi connectivity index (χ2v) is 5.63. The number of ether oxygens (including phenoxy) is 1. The molecule has 1 aliphatic heterocycles. The van der Waals surface area contributed by atoms with Crippen LogP contribution in [0.3, 0.4) is 0 Å². The standard InChI is InChI=1S/C14H30N2O/c1-12(2)16(13(3)7-9-17-4)11-14-6-5-8-15-10-14/h12-15H,5-11H2,1-4H3. The summed E-state index contributed by atoms with van der Waals surface area (Å²) in [5, 5.41) is 3.51. The van der Waals surface area contributed by atoms with E-state index in [1.165, 1.54) is 32.5 Å². The first kappa shape index (κ1) is 14.9. The Morgan fingerprint density at radius 3 is 2.65 bits per heavy atom. The van der Waals surface area contributed by atoms with Crippen LogP contribution in [0.25, 0.3) is 0 Å². The minimum Gasteiger partial charge on any atom is -0.385 e. The van der Waals surface area contributed by atoms with Crippen LogP contribution in [0.5, 0.6) is 0 Å². The summed E-state index contributed by atoms with van der Waals surface area (Å²) in [6.45, 7) is 11.4. The van der Waals surface area contributed by atoms with Crippen molar-refractivity contribution in [2.45, 2.75) is 52.1 Å². The highest BCUT2D eigenvalue weighted by Crippen LogP contribution is 2.17. The summed E-state index contributed by atoms with van der Waals surface area (Å²) in [6.07, 6.45) is 3.85. The van der Waals surface area contributed by atoms with Crippen LogP contribution in [0.4, 0.5) is 0 Å². The van der Waals surface area contributed by atoms with Crippen molar-refractivity contribution < 1.29 is 4.74 Å². The van der Waals surface area contributed by atoms with Gasteiger partial charge in [0, 0.05) is 32.3 Å². The first-order valence-electron chi connectivity index (χ1n) is 7.10. The highest BCUT2D eigenvalue weighted by molar-refractivity contribution is 4.78. The maximum atomic E-state index is 5.19. The molecular weight excluding hydrogens is 212 g/mol. The van der Waals surface area contributed by atoms with Crippen LogP contribution in [0.1, 0.15) is 40.0 Å². The summed E-state index contributed by atoms with van der Waals surface area (Å²) in [5.41, 5.74) is 0. The third kappa shape index (κ3) is 5.36. The lowest BCUT2D eigenvalue weighted by Crippen LogP contribution is -2.45. The largest absolute Gasteiger partial charge is 0.385 e. The topological polar surface area (TPSA) is 24.5 Å². The fourth-order valence-electron chi connectivity index (χ4n) is 2.73. The smallest absolute Gasteiger partial charge is 0.0477 e. The molecule has 0 aromatic carbocycles. The van der Waals surface area contributed by atoms with E-state index in [1.807, 2.05) is 0 Å².